The summed E-state index contributed by atoms with van der Waals surface area (Å²) in [5, 5.41) is 11.9. The lowest BCUT2D eigenvalue weighted by molar-refractivity contribution is -0.118. The van der Waals surface area contributed by atoms with Gasteiger partial charge in [-0.3, -0.25) is 4.79 Å². The Morgan fingerprint density at radius 3 is 2.64 bits per heavy atom. The fraction of sp³-hybridized carbons (Fsp3) is 0.300. The van der Waals surface area contributed by atoms with Gasteiger partial charge in [0, 0.05) is 11.8 Å². The number of hydrogen-bond acceptors (Lipinski definition) is 4. The van der Waals surface area contributed by atoms with Crippen molar-refractivity contribution in [3.05, 3.63) is 53.1 Å². The van der Waals surface area contributed by atoms with Crippen LogP contribution in [0.3, 0.4) is 0 Å². The number of carbonyl (C=O) groups excluding carboxylic acids is 1. The number of nitriles is 1. The first-order valence-electron chi connectivity index (χ1n) is 8.27. The summed E-state index contributed by atoms with van der Waals surface area (Å²) in [7, 11) is 0. The van der Waals surface area contributed by atoms with Gasteiger partial charge < -0.3 is 14.8 Å². The smallest absolute Gasteiger partial charge is 0.262 e. The molecular weight excluding hydrogens is 316 g/mol. The number of carbonyl (C=O) groups is 1. The van der Waals surface area contributed by atoms with Crippen molar-refractivity contribution in [1.82, 2.24) is 0 Å². The minimum atomic E-state index is -0.240. The molecule has 2 rings (SSSR count). The van der Waals surface area contributed by atoms with Crippen LogP contribution in [0.4, 0.5) is 5.69 Å². The van der Waals surface area contributed by atoms with Gasteiger partial charge >= 0.3 is 0 Å². The quantitative estimate of drug-likeness (QED) is 0.832. The Kier molecular flexibility index (Phi) is 6.41. The first-order chi connectivity index (χ1) is 12.1. The second-order valence-corrected chi connectivity index (χ2v) is 5.51. The third-order valence-corrected chi connectivity index (χ3v) is 3.74. The number of benzene rings is 2. The summed E-state index contributed by atoms with van der Waals surface area (Å²) < 4.78 is 11.1. The van der Waals surface area contributed by atoms with Gasteiger partial charge in [0.15, 0.2) is 18.1 Å². The molecule has 2 aromatic rings. The minimum Gasteiger partial charge on any atom is -0.490 e. The van der Waals surface area contributed by atoms with Crippen molar-refractivity contribution >= 4 is 11.6 Å². The SMILES string of the molecule is CCOc1cc(C#N)ccc1OCC(=O)Nc1c(C)cccc1CC. The van der Waals surface area contributed by atoms with E-state index in [1.807, 2.05) is 39.0 Å². The zero-order valence-electron chi connectivity index (χ0n) is 14.8. The molecule has 0 spiro atoms. The average molecular weight is 338 g/mol. The molecule has 0 aliphatic rings. The standard InChI is InChI=1S/C20H22N2O3/c1-4-16-8-6-7-14(3)20(16)22-19(23)13-25-17-10-9-15(12-21)11-18(17)24-5-2/h6-11H,4-5,13H2,1-3H3,(H,22,23). The van der Waals surface area contributed by atoms with E-state index in [0.717, 1.165) is 23.2 Å². The van der Waals surface area contributed by atoms with Crippen molar-refractivity contribution in [3.8, 4) is 17.6 Å². The van der Waals surface area contributed by atoms with E-state index in [-0.39, 0.29) is 12.5 Å². The van der Waals surface area contributed by atoms with Crippen LogP contribution in [-0.4, -0.2) is 19.1 Å². The van der Waals surface area contributed by atoms with Gasteiger partial charge in [0.05, 0.1) is 18.2 Å². The molecule has 1 N–H and O–H groups in total. The van der Waals surface area contributed by atoms with Gasteiger partial charge in [0.2, 0.25) is 0 Å². The molecule has 0 aliphatic carbocycles. The lowest BCUT2D eigenvalue weighted by Crippen LogP contribution is -2.21. The number of hydrogen-bond donors (Lipinski definition) is 1. The highest BCUT2D eigenvalue weighted by molar-refractivity contribution is 5.93. The van der Waals surface area contributed by atoms with Gasteiger partial charge in [-0.25, -0.2) is 0 Å². The Balaban J connectivity index is 2.07. The molecule has 0 heterocycles. The van der Waals surface area contributed by atoms with Crippen molar-refractivity contribution in [3.63, 3.8) is 0 Å². The maximum atomic E-state index is 12.3. The number of nitrogens with one attached hydrogen (secondary N) is 1. The summed E-state index contributed by atoms with van der Waals surface area (Å²) in [6.45, 7) is 6.17. The molecule has 0 fully saturated rings. The lowest BCUT2D eigenvalue weighted by Gasteiger charge is -2.14. The molecule has 0 aliphatic heterocycles. The van der Waals surface area contributed by atoms with E-state index in [0.29, 0.717) is 23.7 Å². The van der Waals surface area contributed by atoms with Crippen molar-refractivity contribution in [2.24, 2.45) is 0 Å². The fourth-order valence-corrected chi connectivity index (χ4v) is 2.49. The normalized spacial score (nSPS) is 10.0. The van der Waals surface area contributed by atoms with Crippen LogP contribution in [-0.2, 0) is 11.2 Å². The highest BCUT2D eigenvalue weighted by Gasteiger charge is 2.12. The van der Waals surface area contributed by atoms with Crippen molar-refractivity contribution < 1.29 is 14.3 Å². The molecule has 0 radical (unpaired) electrons. The maximum absolute atomic E-state index is 12.3. The molecule has 25 heavy (non-hydrogen) atoms. The molecule has 0 aromatic heterocycles. The largest absolute Gasteiger partial charge is 0.490 e. The Labute approximate surface area is 148 Å². The van der Waals surface area contributed by atoms with Crippen LogP contribution in [0.15, 0.2) is 36.4 Å². The van der Waals surface area contributed by atoms with Gasteiger partial charge in [-0.2, -0.15) is 5.26 Å². The zero-order valence-corrected chi connectivity index (χ0v) is 14.8. The molecule has 1 amide bonds. The van der Waals surface area contributed by atoms with E-state index in [1.54, 1.807) is 18.2 Å². The van der Waals surface area contributed by atoms with Crippen molar-refractivity contribution in [2.45, 2.75) is 27.2 Å². The van der Waals surface area contributed by atoms with E-state index in [1.165, 1.54) is 0 Å². The number of para-hydroxylation sites is 1. The average Bonchev–Trinajstić information content (AvgIpc) is 2.62. The zero-order chi connectivity index (χ0) is 18.2. The van der Waals surface area contributed by atoms with Crippen LogP contribution < -0.4 is 14.8 Å². The number of aryl methyl sites for hydroxylation is 2. The predicted molar refractivity (Wildman–Crippen MR) is 97.0 cm³/mol. The molecule has 5 heteroatoms. The van der Waals surface area contributed by atoms with Crippen LogP contribution in [0.5, 0.6) is 11.5 Å². The second-order valence-electron chi connectivity index (χ2n) is 5.51. The highest BCUT2D eigenvalue weighted by Crippen LogP contribution is 2.28. The monoisotopic (exact) mass is 338 g/mol. The molecule has 0 unspecified atom stereocenters. The van der Waals surface area contributed by atoms with Crippen LogP contribution in [0.1, 0.15) is 30.5 Å². The highest BCUT2D eigenvalue weighted by atomic mass is 16.5. The summed E-state index contributed by atoms with van der Waals surface area (Å²) in [6.07, 6.45) is 0.836. The van der Waals surface area contributed by atoms with Gasteiger partial charge in [-0.15, -0.1) is 0 Å². The number of anilines is 1. The minimum absolute atomic E-state index is 0.135. The van der Waals surface area contributed by atoms with E-state index in [4.69, 9.17) is 14.7 Å². The summed E-state index contributed by atoms with van der Waals surface area (Å²) >= 11 is 0. The maximum Gasteiger partial charge on any atom is 0.262 e. The number of nitrogens with zero attached hydrogens (tertiary/aromatic N) is 1. The molecule has 130 valence electrons. The van der Waals surface area contributed by atoms with Crippen molar-refractivity contribution in [2.75, 3.05) is 18.5 Å². The molecule has 5 nitrogen and oxygen atoms in total. The summed E-state index contributed by atoms with van der Waals surface area (Å²) in [5.41, 5.74) is 3.42. The van der Waals surface area contributed by atoms with Gasteiger partial charge in [-0.1, -0.05) is 25.1 Å². The third-order valence-electron chi connectivity index (χ3n) is 3.74. The van der Waals surface area contributed by atoms with E-state index >= 15 is 0 Å². The third kappa shape index (κ3) is 4.74. The molecular formula is C20H22N2O3. The Morgan fingerprint density at radius 2 is 1.96 bits per heavy atom. The Morgan fingerprint density at radius 1 is 1.16 bits per heavy atom. The Hall–Kier alpha value is -3.00. The fourth-order valence-electron chi connectivity index (χ4n) is 2.49. The van der Waals surface area contributed by atoms with Crippen LogP contribution in [0, 0.1) is 18.3 Å². The van der Waals surface area contributed by atoms with Crippen LogP contribution in [0.2, 0.25) is 0 Å². The Bertz CT molecular complexity index is 794. The first kappa shape index (κ1) is 18.3. The predicted octanol–water partition coefficient (Wildman–Crippen LogP) is 3.85. The number of amides is 1. The van der Waals surface area contributed by atoms with E-state index in [2.05, 4.69) is 11.4 Å². The molecule has 2 aromatic carbocycles. The molecule has 0 saturated heterocycles. The molecule has 0 atom stereocenters. The topological polar surface area (TPSA) is 71.3 Å². The first-order valence-corrected chi connectivity index (χ1v) is 8.27. The summed E-state index contributed by atoms with van der Waals surface area (Å²) in [4.78, 5) is 12.3. The van der Waals surface area contributed by atoms with Crippen LogP contribution >= 0.6 is 0 Å². The number of ether oxygens (including phenoxy) is 2. The summed E-state index contributed by atoms with van der Waals surface area (Å²) in [5.74, 6) is 0.659. The van der Waals surface area contributed by atoms with Crippen molar-refractivity contribution in [1.29, 1.82) is 5.26 Å². The van der Waals surface area contributed by atoms with Gasteiger partial charge in [-0.05, 0) is 43.5 Å². The second kappa shape index (κ2) is 8.74. The number of rotatable bonds is 7. The molecule has 0 bridgehead atoms. The van der Waals surface area contributed by atoms with E-state index in [9.17, 15) is 4.79 Å². The molecule has 0 saturated carbocycles. The lowest BCUT2D eigenvalue weighted by atomic mass is 10.1. The summed E-state index contributed by atoms with van der Waals surface area (Å²) in [6, 6.07) is 12.9. The van der Waals surface area contributed by atoms with Gasteiger partial charge in [0.1, 0.15) is 0 Å². The van der Waals surface area contributed by atoms with Crippen LogP contribution in [0.25, 0.3) is 0 Å². The van der Waals surface area contributed by atoms with Gasteiger partial charge in [0.25, 0.3) is 5.91 Å². The van der Waals surface area contributed by atoms with E-state index < -0.39 is 0 Å².